The summed E-state index contributed by atoms with van der Waals surface area (Å²) in [7, 11) is 0. The van der Waals surface area contributed by atoms with Crippen LogP contribution >= 0.6 is 0 Å². The number of carbonyl (C=O) groups is 2. The van der Waals surface area contributed by atoms with Crippen LogP contribution in [0.2, 0.25) is 0 Å². The molecule has 2 rings (SSSR count). The van der Waals surface area contributed by atoms with Crippen LogP contribution in [0.4, 0.5) is 5.69 Å². The Labute approximate surface area is 117 Å². The summed E-state index contributed by atoms with van der Waals surface area (Å²) in [4.78, 5) is 26.6. The summed E-state index contributed by atoms with van der Waals surface area (Å²) in [5.74, 6) is -0.443. The maximum Gasteiger partial charge on any atom is 0.309 e. The van der Waals surface area contributed by atoms with Gasteiger partial charge in [0.05, 0.1) is 30.0 Å². The van der Waals surface area contributed by atoms with E-state index in [9.17, 15) is 9.59 Å². The molecule has 0 radical (unpaired) electrons. The zero-order valence-electron chi connectivity index (χ0n) is 11.4. The smallest absolute Gasteiger partial charge is 0.309 e. The Balaban J connectivity index is 1.92. The third-order valence-electron chi connectivity index (χ3n) is 3.41. The van der Waals surface area contributed by atoms with E-state index in [0.29, 0.717) is 17.3 Å². The molecule has 1 saturated heterocycles. The molecular formula is C14H19N3O3. The first kappa shape index (κ1) is 14.5. The van der Waals surface area contributed by atoms with Gasteiger partial charge < -0.3 is 15.7 Å². The number of aliphatic carboxylic acids is 1. The highest BCUT2D eigenvalue weighted by Crippen LogP contribution is 2.16. The Morgan fingerprint density at radius 3 is 2.90 bits per heavy atom. The van der Waals surface area contributed by atoms with E-state index in [4.69, 9.17) is 5.11 Å². The molecule has 1 amide bonds. The van der Waals surface area contributed by atoms with Gasteiger partial charge in [-0.1, -0.05) is 6.92 Å². The molecule has 0 spiro atoms. The second-order valence-corrected chi connectivity index (χ2v) is 5.23. The second kappa shape index (κ2) is 6.47. The number of nitrogens with one attached hydrogen (secondary N) is 2. The summed E-state index contributed by atoms with van der Waals surface area (Å²) < 4.78 is 0. The van der Waals surface area contributed by atoms with Crippen LogP contribution in [0.15, 0.2) is 18.3 Å². The number of hydrogen-bond donors (Lipinski definition) is 3. The van der Waals surface area contributed by atoms with Crippen molar-refractivity contribution in [3.05, 3.63) is 24.0 Å². The highest BCUT2D eigenvalue weighted by molar-refractivity contribution is 5.94. The molecule has 1 aromatic rings. The number of carboxylic acids is 1. The minimum Gasteiger partial charge on any atom is -0.481 e. The number of piperidine rings is 1. The molecule has 6 nitrogen and oxygen atoms in total. The molecule has 108 valence electrons. The van der Waals surface area contributed by atoms with Crippen molar-refractivity contribution in [1.29, 1.82) is 0 Å². The quantitative estimate of drug-likeness (QED) is 0.764. The van der Waals surface area contributed by atoms with Crippen LogP contribution in [-0.2, 0) is 16.0 Å². The average Bonchev–Trinajstić information content (AvgIpc) is 2.40. The summed E-state index contributed by atoms with van der Waals surface area (Å²) in [6.07, 6.45) is 3.30. The monoisotopic (exact) mass is 277 g/mol. The molecule has 0 aliphatic carbocycles. The fourth-order valence-electron chi connectivity index (χ4n) is 2.29. The standard InChI is InChI=1S/C14H19N3O3/c1-9-4-5-15-12(6-9)14(20)17-11-3-2-10(16-8-11)7-13(18)19/h2-3,8-9,12,15H,4-7H2,1H3,(H,17,20)(H,18,19). The van der Waals surface area contributed by atoms with E-state index >= 15 is 0 Å². The molecule has 1 aromatic heterocycles. The highest BCUT2D eigenvalue weighted by Gasteiger charge is 2.24. The van der Waals surface area contributed by atoms with Gasteiger partial charge in [-0.15, -0.1) is 0 Å². The molecule has 2 atom stereocenters. The van der Waals surface area contributed by atoms with Gasteiger partial charge >= 0.3 is 5.97 Å². The molecule has 2 heterocycles. The lowest BCUT2D eigenvalue weighted by Crippen LogP contribution is -2.45. The summed E-state index contributed by atoms with van der Waals surface area (Å²) in [5.41, 5.74) is 1.06. The zero-order chi connectivity index (χ0) is 14.5. The normalized spacial score (nSPS) is 22.2. The zero-order valence-corrected chi connectivity index (χ0v) is 11.4. The first-order valence-corrected chi connectivity index (χ1v) is 6.75. The van der Waals surface area contributed by atoms with Gasteiger partial charge in [-0.3, -0.25) is 14.6 Å². The molecular weight excluding hydrogens is 258 g/mol. The predicted molar refractivity (Wildman–Crippen MR) is 74.4 cm³/mol. The first-order chi connectivity index (χ1) is 9.54. The van der Waals surface area contributed by atoms with Crippen LogP contribution in [-0.4, -0.2) is 34.6 Å². The van der Waals surface area contributed by atoms with Gasteiger partial charge in [0.2, 0.25) is 5.91 Å². The molecule has 1 aliphatic rings. The first-order valence-electron chi connectivity index (χ1n) is 6.75. The number of nitrogens with zero attached hydrogens (tertiary/aromatic N) is 1. The Bertz CT molecular complexity index is 487. The number of amides is 1. The van der Waals surface area contributed by atoms with Gasteiger partial charge in [0.25, 0.3) is 0 Å². The van der Waals surface area contributed by atoms with Crippen LogP contribution in [0.5, 0.6) is 0 Å². The number of carbonyl (C=O) groups excluding carboxylic acids is 1. The molecule has 3 N–H and O–H groups in total. The molecule has 1 aliphatic heterocycles. The number of aromatic nitrogens is 1. The molecule has 20 heavy (non-hydrogen) atoms. The fourth-order valence-corrected chi connectivity index (χ4v) is 2.29. The molecule has 0 aromatic carbocycles. The number of carboxylic acid groups (broad SMARTS) is 1. The number of anilines is 1. The predicted octanol–water partition coefficient (Wildman–Crippen LogP) is 1.04. The van der Waals surface area contributed by atoms with E-state index in [-0.39, 0.29) is 18.4 Å². The van der Waals surface area contributed by atoms with E-state index in [1.54, 1.807) is 12.1 Å². The van der Waals surface area contributed by atoms with Crippen molar-refractivity contribution in [3.63, 3.8) is 0 Å². The Morgan fingerprint density at radius 1 is 1.50 bits per heavy atom. The fraction of sp³-hybridized carbons (Fsp3) is 0.500. The molecule has 0 saturated carbocycles. The van der Waals surface area contributed by atoms with Crippen LogP contribution in [0, 0.1) is 5.92 Å². The third-order valence-corrected chi connectivity index (χ3v) is 3.41. The lowest BCUT2D eigenvalue weighted by molar-refractivity contribution is -0.136. The van der Waals surface area contributed by atoms with E-state index in [1.807, 2.05) is 0 Å². The van der Waals surface area contributed by atoms with Crippen LogP contribution < -0.4 is 10.6 Å². The summed E-state index contributed by atoms with van der Waals surface area (Å²) in [6.45, 7) is 3.00. The van der Waals surface area contributed by atoms with Crippen LogP contribution in [0.3, 0.4) is 0 Å². The molecule has 2 unspecified atom stereocenters. The van der Waals surface area contributed by atoms with Crippen molar-refractivity contribution in [2.75, 3.05) is 11.9 Å². The molecule has 6 heteroatoms. The van der Waals surface area contributed by atoms with E-state index in [2.05, 4.69) is 22.5 Å². The third kappa shape index (κ3) is 4.03. The lowest BCUT2D eigenvalue weighted by atomic mass is 9.94. The highest BCUT2D eigenvalue weighted by atomic mass is 16.4. The van der Waals surface area contributed by atoms with Gasteiger partial charge in [-0.05, 0) is 37.4 Å². The van der Waals surface area contributed by atoms with E-state index < -0.39 is 5.97 Å². The second-order valence-electron chi connectivity index (χ2n) is 5.23. The van der Waals surface area contributed by atoms with Gasteiger partial charge in [-0.2, -0.15) is 0 Å². The lowest BCUT2D eigenvalue weighted by Gasteiger charge is -2.27. The minimum atomic E-state index is -0.922. The van der Waals surface area contributed by atoms with Gasteiger partial charge in [-0.25, -0.2) is 0 Å². The van der Waals surface area contributed by atoms with Crippen molar-refractivity contribution in [2.24, 2.45) is 5.92 Å². The van der Waals surface area contributed by atoms with E-state index in [1.165, 1.54) is 6.20 Å². The van der Waals surface area contributed by atoms with Crippen LogP contribution in [0.25, 0.3) is 0 Å². The molecule has 0 bridgehead atoms. The Kier molecular flexibility index (Phi) is 4.68. The number of pyridine rings is 1. The Morgan fingerprint density at radius 2 is 2.30 bits per heavy atom. The SMILES string of the molecule is CC1CCNC(C(=O)Nc2ccc(CC(=O)O)nc2)C1. The van der Waals surface area contributed by atoms with Crippen molar-refractivity contribution in [1.82, 2.24) is 10.3 Å². The van der Waals surface area contributed by atoms with Crippen molar-refractivity contribution in [3.8, 4) is 0 Å². The van der Waals surface area contributed by atoms with Crippen molar-refractivity contribution in [2.45, 2.75) is 32.2 Å². The van der Waals surface area contributed by atoms with Gasteiger partial charge in [0, 0.05) is 0 Å². The van der Waals surface area contributed by atoms with Crippen LogP contribution in [0.1, 0.15) is 25.5 Å². The van der Waals surface area contributed by atoms with Crippen molar-refractivity contribution >= 4 is 17.6 Å². The van der Waals surface area contributed by atoms with E-state index in [0.717, 1.165) is 19.4 Å². The summed E-state index contributed by atoms with van der Waals surface area (Å²) in [6, 6.07) is 3.12. The van der Waals surface area contributed by atoms with Crippen molar-refractivity contribution < 1.29 is 14.7 Å². The summed E-state index contributed by atoms with van der Waals surface area (Å²) >= 11 is 0. The number of hydrogen-bond acceptors (Lipinski definition) is 4. The average molecular weight is 277 g/mol. The maximum absolute atomic E-state index is 12.1. The minimum absolute atomic E-state index is 0.0654. The van der Waals surface area contributed by atoms with Gasteiger partial charge in [0.1, 0.15) is 0 Å². The topological polar surface area (TPSA) is 91.3 Å². The Hall–Kier alpha value is -1.95. The largest absolute Gasteiger partial charge is 0.481 e. The molecule has 1 fully saturated rings. The summed E-state index contributed by atoms with van der Waals surface area (Å²) in [5, 5.41) is 14.7. The maximum atomic E-state index is 12.1. The van der Waals surface area contributed by atoms with Gasteiger partial charge in [0.15, 0.2) is 0 Å². The number of rotatable bonds is 4.